The van der Waals surface area contributed by atoms with E-state index in [0.717, 1.165) is 11.1 Å². The van der Waals surface area contributed by atoms with Crippen LogP contribution in [-0.4, -0.2) is 46.9 Å². The number of nitrogens with zero attached hydrogens (tertiary/aromatic N) is 2. The Morgan fingerprint density at radius 3 is 2.36 bits per heavy atom. The fourth-order valence-corrected chi connectivity index (χ4v) is 4.27. The molecule has 2 saturated heterocycles. The quantitative estimate of drug-likeness (QED) is 0.865. The normalized spacial score (nSPS) is 19.1. The predicted molar refractivity (Wildman–Crippen MR) is 109 cm³/mol. The van der Waals surface area contributed by atoms with Crippen LogP contribution >= 0.6 is 11.6 Å². The number of carbonyl (C=O) groups excluding carboxylic acids is 2. The fraction of sp³-hybridized carbons (Fsp3) is 0.364. The summed E-state index contributed by atoms with van der Waals surface area (Å²) < 4.78 is 0. The van der Waals surface area contributed by atoms with E-state index in [1.54, 1.807) is 0 Å². The van der Waals surface area contributed by atoms with Gasteiger partial charge in [0.2, 0.25) is 5.91 Å². The number of hydrogen-bond acceptors (Lipinski definition) is 3. The van der Waals surface area contributed by atoms with E-state index < -0.39 is 5.54 Å². The first-order valence-corrected chi connectivity index (χ1v) is 9.99. The molecule has 2 aromatic carbocycles. The molecule has 2 amide bonds. The van der Waals surface area contributed by atoms with Crippen molar-refractivity contribution >= 4 is 23.4 Å². The number of carbonyl (C=O) groups is 2. The van der Waals surface area contributed by atoms with Crippen LogP contribution < -0.4 is 5.32 Å². The first-order valence-electron chi connectivity index (χ1n) is 9.62. The summed E-state index contributed by atoms with van der Waals surface area (Å²) in [6.45, 7) is 4.39. The zero-order valence-corrected chi connectivity index (χ0v) is 16.7. The molecule has 0 aromatic heterocycles. The summed E-state index contributed by atoms with van der Waals surface area (Å²) in [6.07, 6.45) is 1.29. The van der Waals surface area contributed by atoms with Crippen molar-refractivity contribution in [2.75, 3.05) is 19.8 Å². The molecular formula is C22H24ClN3O2. The summed E-state index contributed by atoms with van der Waals surface area (Å²) in [5, 5.41) is 3.71. The van der Waals surface area contributed by atoms with Crippen LogP contribution in [0.4, 0.5) is 0 Å². The van der Waals surface area contributed by atoms with Crippen molar-refractivity contribution in [3.63, 3.8) is 0 Å². The van der Waals surface area contributed by atoms with Crippen LogP contribution in [0.15, 0.2) is 48.5 Å². The molecule has 0 aliphatic carbocycles. The highest BCUT2D eigenvalue weighted by atomic mass is 35.5. The van der Waals surface area contributed by atoms with Gasteiger partial charge in [-0.1, -0.05) is 41.4 Å². The molecule has 28 heavy (non-hydrogen) atoms. The van der Waals surface area contributed by atoms with Gasteiger partial charge in [0, 0.05) is 30.2 Å². The standard InChI is InChI=1S/C22H24ClN3O2/c1-16-2-6-18(7-3-16)20(27)25-12-10-22(11-13-25)21(28)24-15-26(22)14-17-4-8-19(23)9-5-17/h2-9H,10-15H2,1H3,(H,24,28). The summed E-state index contributed by atoms with van der Waals surface area (Å²) >= 11 is 5.98. The lowest BCUT2D eigenvalue weighted by molar-refractivity contribution is -0.129. The Labute approximate surface area is 170 Å². The van der Waals surface area contributed by atoms with Crippen LogP contribution in [0, 0.1) is 6.92 Å². The molecule has 2 fully saturated rings. The molecule has 146 valence electrons. The number of rotatable bonds is 3. The summed E-state index contributed by atoms with van der Waals surface area (Å²) in [5.41, 5.74) is 2.42. The van der Waals surface area contributed by atoms with Gasteiger partial charge in [0.15, 0.2) is 0 Å². The van der Waals surface area contributed by atoms with Crippen molar-refractivity contribution in [1.29, 1.82) is 0 Å². The van der Waals surface area contributed by atoms with Crippen molar-refractivity contribution < 1.29 is 9.59 Å². The maximum absolute atomic E-state index is 12.8. The third kappa shape index (κ3) is 3.52. The Morgan fingerprint density at radius 2 is 1.71 bits per heavy atom. The van der Waals surface area contributed by atoms with Gasteiger partial charge in [-0.25, -0.2) is 0 Å². The molecule has 0 bridgehead atoms. The predicted octanol–water partition coefficient (Wildman–Crippen LogP) is 3.21. The average Bonchev–Trinajstić information content (AvgIpc) is 3.00. The van der Waals surface area contributed by atoms with E-state index in [1.165, 1.54) is 0 Å². The second-order valence-electron chi connectivity index (χ2n) is 7.68. The molecule has 1 N–H and O–H groups in total. The summed E-state index contributed by atoms with van der Waals surface area (Å²) in [6, 6.07) is 15.4. The van der Waals surface area contributed by atoms with Crippen LogP contribution in [0.25, 0.3) is 0 Å². The number of nitrogens with one attached hydrogen (secondary N) is 1. The van der Waals surface area contributed by atoms with Gasteiger partial charge >= 0.3 is 0 Å². The van der Waals surface area contributed by atoms with Crippen molar-refractivity contribution in [2.45, 2.75) is 31.8 Å². The SMILES string of the molecule is Cc1ccc(C(=O)N2CCC3(CC2)C(=O)NCN3Cc2ccc(Cl)cc2)cc1. The smallest absolute Gasteiger partial charge is 0.253 e. The number of likely N-dealkylation sites (tertiary alicyclic amines) is 1. The van der Waals surface area contributed by atoms with E-state index in [1.807, 2.05) is 60.4 Å². The van der Waals surface area contributed by atoms with Crippen LogP contribution in [0.5, 0.6) is 0 Å². The van der Waals surface area contributed by atoms with E-state index in [4.69, 9.17) is 11.6 Å². The zero-order valence-electron chi connectivity index (χ0n) is 16.0. The lowest BCUT2D eigenvalue weighted by Gasteiger charge is -2.42. The lowest BCUT2D eigenvalue weighted by Crippen LogP contribution is -2.56. The van der Waals surface area contributed by atoms with Gasteiger partial charge in [-0.05, 0) is 49.6 Å². The molecule has 2 heterocycles. The Morgan fingerprint density at radius 1 is 1.07 bits per heavy atom. The van der Waals surface area contributed by atoms with E-state index in [9.17, 15) is 9.59 Å². The molecule has 2 aromatic rings. The van der Waals surface area contributed by atoms with E-state index in [0.29, 0.717) is 49.7 Å². The molecule has 2 aliphatic heterocycles. The Bertz CT molecular complexity index is 872. The highest BCUT2D eigenvalue weighted by molar-refractivity contribution is 6.30. The fourth-order valence-electron chi connectivity index (χ4n) is 4.15. The molecule has 5 nitrogen and oxygen atoms in total. The Kier molecular flexibility index (Phi) is 5.13. The van der Waals surface area contributed by atoms with Gasteiger partial charge in [-0.2, -0.15) is 0 Å². The Balaban J connectivity index is 1.46. The van der Waals surface area contributed by atoms with Gasteiger partial charge < -0.3 is 10.2 Å². The molecule has 1 spiro atoms. The molecule has 2 aliphatic rings. The van der Waals surface area contributed by atoms with Crippen molar-refractivity contribution in [3.8, 4) is 0 Å². The summed E-state index contributed by atoms with van der Waals surface area (Å²) in [7, 11) is 0. The minimum absolute atomic E-state index is 0.0394. The van der Waals surface area contributed by atoms with E-state index in [2.05, 4.69) is 10.2 Å². The largest absolute Gasteiger partial charge is 0.342 e. The number of benzene rings is 2. The number of amides is 2. The number of halogens is 1. The molecule has 0 unspecified atom stereocenters. The summed E-state index contributed by atoms with van der Waals surface area (Å²) in [5.74, 6) is 0.112. The molecule has 0 radical (unpaired) electrons. The molecule has 0 atom stereocenters. The number of hydrogen-bond donors (Lipinski definition) is 1. The molecular weight excluding hydrogens is 374 g/mol. The minimum Gasteiger partial charge on any atom is -0.342 e. The van der Waals surface area contributed by atoms with Crippen molar-refractivity contribution in [3.05, 3.63) is 70.2 Å². The first kappa shape index (κ1) is 19.0. The third-order valence-electron chi connectivity index (χ3n) is 5.92. The monoisotopic (exact) mass is 397 g/mol. The minimum atomic E-state index is -0.538. The second kappa shape index (κ2) is 7.57. The lowest BCUT2D eigenvalue weighted by atomic mass is 9.85. The van der Waals surface area contributed by atoms with Crippen LogP contribution in [-0.2, 0) is 11.3 Å². The van der Waals surface area contributed by atoms with E-state index >= 15 is 0 Å². The Hall–Kier alpha value is -2.37. The van der Waals surface area contributed by atoms with E-state index in [-0.39, 0.29) is 11.8 Å². The summed E-state index contributed by atoms with van der Waals surface area (Å²) in [4.78, 5) is 29.6. The van der Waals surface area contributed by atoms with Crippen molar-refractivity contribution in [2.24, 2.45) is 0 Å². The number of piperidine rings is 1. The van der Waals surface area contributed by atoms with Gasteiger partial charge in [0.1, 0.15) is 5.54 Å². The zero-order chi connectivity index (χ0) is 19.7. The topological polar surface area (TPSA) is 52.7 Å². The highest BCUT2D eigenvalue weighted by Crippen LogP contribution is 2.34. The van der Waals surface area contributed by atoms with Crippen LogP contribution in [0.2, 0.25) is 5.02 Å². The maximum Gasteiger partial charge on any atom is 0.253 e. The molecule has 0 saturated carbocycles. The van der Waals surface area contributed by atoms with Gasteiger partial charge in [-0.3, -0.25) is 14.5 Å². The van der Waals surface area contributed by atoms with Crippen molar-refractivity contribution in [1.82, 2.24) is 15.1 Å². The van der Waals surface area contributed by atoms with Crippen LogP contribution in [0.1, 0.15) is 34.3 Å². The highest BCUT2D eigenvalue weighted by Gasteiger charge is 2.50. The molecule has 6 heteroatoms. The number of aryl methyl sites for hydroxylation is 1. The van der Waals surface area contributed by atoms with Gasteiger partial charge in [0.25, 0.3) is 5.91 Å². The molecule has 4 rings (SSSR count). The average molecular weight is 398 g/mol. The van der Waals surface area contributed by atoms with Crippen LogP contribution in [0.3, 0.4) is 0 Å². The first-order chi connectivity index (χ1) is 13.5. The van der Waals surface area contributed by atoms with Gasteiger partial charge in [-0.15, -0.1) is 0 Å². The third-order valence-corrected chi connectivity index (χ3v) is 6.17. The maximum atomic E-state index is 12.8. The second-order valence-corrected chi connectivity index (χ2v) is 8.11. The van der Waals surface area contributed by atoms with Gasteiger partial charge in [0.05, 0.1) is 6.67 Å².